The fraction of sp³-hybridized carbons (Fsp3) is 0.400. The number of nitrogens with one attached hydrogen (secondary N) is 2. The van der Waals surface area contributed by atoms with Gasteiger partial charge in [0.15, 0.2) is 0 Å². The number of H-pyrrole nitrogens is 1. The number of aromatic amines is 1. The Kier molecular flexibility index (Phi) is 2.71. The van der Waals surface area contributed by atoms with Crippen molar-refractivity contribution in [2.75, 3.05) is 0 Å². The fourth-order valence-corrected chi connectivity index (χ4v) is 1.81. The Morgan fingerprint density at radius 1 is 1.67 bits per heavy atom. The van der Waals surface area contributed by atoms with Crippen molar-refractivity contribution in [1.29, 1.82) is 0 Å². The van der Waals surface area contributed by atoms with Gasteiger partial charge in [0.1, 0.15) is 0 Å². The van der Waals surface area contributed by atoms with Crippen molar-refractivity contribution < 1.29 is 9.90 Å². The van der Waals surface area contributed by atoms with Gasteiger partial charge in [-0.05, 0) is 30.9 Å². The Bertz CT molecular complexity index is 370. The van der Waals surface area contributed by atoms with Crippen LogP contribution in [0.3, 0.4) is 0 Å². The molecular weight excluding hydrogens is 194 g/mol. The first-order valence-electron chi connectivity index (χ1n) is 4.94. The van der Waals surface area contributed by atoms with Crippen LogP contribution in [0.4, 0.5) is 4.79 Å². The summed E-state index contributed by atoms with van der Waals surface area (Å²) in [5.74, 6) is 0. The van der Waals surface area contributed by atoms with Crippen molar-refractivity contribution in [3.8, 4) is 0 Å². The molecule has 5 heteroatoms. The second-order valence-corrected chi connectivity index (χ2v) is 3.61. The SMILES string of the molecule is O=C(O)NC1CC=C(c2cc[nH]n2)CC1. The second-order valence-electron chi connectivity index (χ2n) is 3.61. The number of hydrogen-bond acceptors (Lipinski definition) is 2. The third kappa shape index (κ3) is 2.37. The molecule has 5 nitrogen and oxygen atoms in total. The zero-order valence-corrected chi connectivity index (χ0v) is 8.23. The van der Waals surface area contributed by atoms with E-state index in [0.29, 0.717) is 0 Å². The Balaban J connectivity index is 1.98. The largest absolute Gasteiger partial charge is 0.465 e. The van der Waals surface area contributed by atoms with Gasteiger partial charge in [0.2, 0.25) is 0 Å². The molecule has 1 aliphatic carbocycles. The highest BCUT2D eigenvalue weighted by molar-refractivity contribution is 5.66. The molecule has 0 saturated carbocycles. The van der Waals surface area contributed by atoms with E-state index in [1.54, 1.807) is 6.20 Å². The van der Waals surface area contributed by atoms with Crippen LogP contribution in [0.15, 0.2) is 18.3 Å². The van der Waals surface area contributed by atoms with E-state index in [9.17, 15) is 4.79 Å². The smallest absolute Gasteiger partial charge is 0.404 e. The van der Waals surface area contributed by atoms with Gasteiger partial charge in [0.25, 0.3) is 0 Å². The van der Waals surface area contributed by atoms with Crippen molar-refractivity contribution in [2.45, 2.75) is 25.3 Å². The molecule has 0 radical (unpaired) electrons. The van der Waals surface area contributed by atoms with Crippen LogP contribution in [-0.2, 0) is 0 Å². The average molecular weight is 207 g/mol. The lowest BCUT2D eigenvalue weighted by atomic mass is 9.93. The van der Waals surface area contributed by atoms with Gasteiger partial charge in [-0.25, -0.2) is 4.79 Å². The predicted molar refractivity (Wildman–Crippen MR) is 55.4 cm³/mol. The maximum absolute atomic E-state index is 10.4. The molecule has 1 aromatic rings. The van der Waals surface area contributed by atoms with Crippen molar-refractivity contribution in [2.24, 2.45) is 0 Å². The van der Waals surface area contributed by atoms with Gasteiger partial charge in [-0.1, -0.05) is 6.08 Å². The van der Waals surface area contributed by atoms with E-state index in [0.717, 1.165) is 25.0 Å². The summed E-state index contributed by atoms with van der Waals surface area (Å²) in [6.45, 7) is 0. The Hall–Kier alpha value is -1.78. The summed E-state index contributed by atoms with van der Waals surface area (Å²) < 4.78 is 0. The van der Waals surface area contributed by atoms with Crippen LogP contribution < -0.4 is 5.32 Å². The molecule has 0 spiro atoms. The number of carboxylic acid groups (broad SMARTS) is 1. The Morgan fingerprint density at radius 3 is 3.07 bits per heavy atom. The third-order valence-electron chi connectivity index (χ3n) is 2.57. The van der Waals surface area contributed by atoms with Gasteiger partial charge in [-0.2, -0.15) is 5.10 Å². The lowest BCUT2D eigenvalue weighted by Crippen LogP contribution is -2.34. The number of rotatable bonds is 2. The summed E-state index contributed by atoms with van der Waals surface area (Å²) >= 11 is 0. The normalized spacial score (nSPS) is 20.8. The molecule has 1 heterocycles. The van der Waals surface area contributed by atoms with E-state index < -0.39 is 6.09 Å². The molecule has 1 atom stereocenters. The van der Waals surface area contributed by atoms with Gasteiger partial charge < -0.3 is 10.4 Å². The van der Waals surface area contributed by atoms with Gasteiger partial charge in [-0.3, -0.25) is 5.10 Å². The lowest BCUT2D eigenvalue weighted by Gasteiger charge is -2.20. The zero-order chi connectivity index (χ0) is 10.7. The lowest BCUT2D eigenvalue weighted by molar-refractivity contribution is 0.189. The number of carbonyl (C=O) groups is 1. The summed E-state index contributed by atoms with van der Waals surface area (Å²) in [6.07, 6.45) is 5.35. The molecular formula is C10H13N3O2. The van der Waals surface area contributed by atoms with E-state index in [1.165, 1.54) is 5.57 Å². The highest BCUT2D eigenvalue weighted by Crippen LogP contribution is 2.25. The van der Waals surface area contributed by atoms with Crippen LogP contribution in [0.1, 0.15) is 25.0 Å². The minimum atomic E-state index is -0.948. The summed E-state index contributed by atoms with van der Waals surface area (Å²) in [5, 5.41) is 17.9. The van der Waals surface area contributed by atoms with Gasteiger partial charge in [0, 0.05) is 12.2 Å². The van der Waals surface area contributed by atoms with Crippen LogP contribution >= 0.6 is 0 Å². The molecule has 2 rings (SSSR count). The predicted octanol–water partition coefficient (Wildman–Crippen LogP) is 1.61. The molecule has 3 N–H and O–H groups in total. The third-order valence-corrected chi connectivity index (χ3v) is 2.57. The first kappa shape index (κ1) is 9.76. The number of aromatic nitrogens is 2. The monoisotopic (exact) mass is 207 g/mol. The number of allylic oxidation sites excluding steroid dienone is 1. The summed E-state index contributed by atoms with van der Waals surface area (Å²) in [4.78, 5) is 10.4. The number of hydrogen-bond donors (Lipinski definition) is 3. The van der Waals surface area contributed by atoms with Crippen molar-refractivity contribution in [3.05, 3.63) is 24.0 Å². The van der Waals surface area contributed by atoms with Crippen molar-refractivity contribution >= 4 is 11.7 Å². The molecule has 1 unspecified atom stereocenters. The second kappa shape index (κ2) is 4.16. The van der Waals surface area contributed by atoms with Gasteiger partial charge >= 0.3 is 6.09 Å². The van der Waals surface area contributed by atoms with Crippen molar-refractivity contribution in [3.63, 3.8) is 0 Å². The molecule has 0 fully saturated rings. The molecule has 15 heavy (non-hydrogen) atoms. The molecule has 0 saturated heterocycles. The molecule has 1 amide bonds. The van der Waals surface area contributed by atoms with E-state index in [2.05, 4.69) is 21.6 Å². The Labute approximate surface area is 87.2 Å². The molecule has 1 aromatic heterocycles. The van der Waals surface area contributed by atoms with Crippen LogP contribution in [0.2, 0.25) is 0 Å². The fourth-order valence-electron chi connectivity index (χ4n) is 1.81. The van der Waals surface area contributed by atoms with E-state index in [-0.39, 0.29) is 6.04 Å². The summed E-state index contributed by atoms with van der Waals surface area (Å²) in [7, 11) is 0. The maximum atomic E-state index is 10.4. The molecule has 0 aromatic carbocycles. The van der Waals surface area contributed by atoms with E-state index >= 15 is 0 Å². The summed E-state index contributed by atoms with van der Waals surface area (Å²) in [5.41, 5.74) is 2.16. The minimum Gasteiger partial charge on any atom is -0.465 e. The number of nitrogens with zero attached hydrogens (tertiary/aromatic N) is 1. The van der Waals surface area contributed by atoms with Crippen LogP contribution in [0, 0.1) is 0 Å². The van der Waals surface area contributed by atoms with Crippen LogP contribution in [-0.4, -0.2) is 27.4 Å². The summed E-state index contributed by atoms with van der Waals surface area (Å²) in [6, 6.07) is 1.97. The first-order chi connectivity index (χ1) is 7.25. The first-order valence-corrected chi connectivity index (χ1v) is 4.94. The van der Waals surface area contributed by atoms with Gasteiger partial charge in [-0.15, -0.1) is 0 Å². The quantitative estimate of drug-likeness (QED) is 0.689. The topological polar surface area (TPSA) is 78.0 Å². The van der Waals surface area contributed by atoms with Crippen LogP contribution in [0.5, 0.6) is 0 Å². The van der Waals surface area contributed by atoms with Crippen molar-refractivity contribution in [1.82, 2.24) is 15.5 Å². The zero-order valence-electron chi connectivity index (χ0n) is 8.23. The average Bonchev–Trinajstić information content (AvgIpc) is 2.71. The molecule has 1 aliphatic rings. The highest BCUT2D eigenvalue weighted by Gasteiger charge is 2.17. The highest BCUT2D eigenvalue weighted by atomic mass is 16.4. The minimum absolute atomic E-state index is 0.0465. The van der Waals surface area contributed by atoms with E-state index in [1.807, 2.05) is 6.07 Å². The molecule has 0 aliphatic heterocycles. The standard InChI is InChI=1S/C10H13N3O2/c14-10(15)12-8-3-1-7(2-4-8)9-5-6-11-13-9/h1,5-6,8,12H,2-4H2,(H,11,13)(H,14,15). The van der Waals surface area contributed by atoms with Crippen LogP contribution in [0.25, 0.3) is 5.57 Å². The molecule has 80 valence electrons. The number of amides is 1. The Morgan fingerprint density at radius 2 is 2.53 bits per heavy atom. The van der Waals surface area contributed by atoms with Gasteiger partial charge in [0.05, 0.1) is 5.69 Å². The molecule has 0 bridgehead atoms. The van der Waals surface area contributed by atoms with E-state index in [4.69, 9.17) is 5.11 Å². The maximum Gasteiger partial charge on any atom is 0.404 e.